The maximum atomic E-state index is 5.30. The molecule has 1 atom stereocenters. The van der Waals surface area contributed by atoms with E-state index in [9.17, 15) is 0 Å². The Hall–Kier alpha value is -0.670. The van der Waals surface area contributed by atoms with Crippen LogP contribution in [-0.2, 0) is 12.8 Å². The molecule has 3 rings (SSSR count). The topological polar surface area (TPSA) is 21.3 Å². The van der Waals surface area contributed by atoms with Crippen molar-refractivity contribution in [2.75, 3.05) is 19.4 Å². The summed E-state index contributed by atoms with van der Waals surface area (Å²) < 4.78 is 5.30. The Balaban J connectivity index is 1.91. The van der Waals surface area contributed by atoms with Crippen LogP contribution in [0, 0.1) is 0 Å². The number of fused-ring (bicyclic) bond motifs is 1. The summed E-state index contributed by atoms with van der Waals surface area (Å²) in [6, 6.07) is 6.50. The molecule has 1 saturated heterocycles. The third-order valence-corrected chi connectivity index (χ3v) is 5.07. The summed E-state index contributed by atoms with van der Waals surface area (Å²) in [7, 11) is 1.74. The molecule has 0 aromatic heterocycles. The highest BCUT2D eigenvalue weighted by atomic mass is 32.2. The molecule has 1 unspecified atom stereocenters. The lowest BCUT2D eigenvalue weighted by atomic mass is 9.87. The van der Waals surface area contributed by atoms with Gasteiger partial charge in [-0.15, -0.1) is 11.8 Å². The van der Waals surface area contributed by atoms with Gasteiger partial charge < -0.3 is 10.1 Å². The van der Waals surface area contributed by atoms with Crippen molar-refractivity contribution < 1.29 is 4.74 Å². The van der Waals surface area contributed by atoms with Crippen molar-refractivity contribution in [3.8, 4) is 5.75 Å². The van der Waals surface area contributed by atoms with Gasteiger partial charge in [-0.1, -0.05) is 6.07 Å². The van der Waals surface area contributed by atoms with E-state index < -0.39 is 0 Å². The summed E-state index contributed by atoms with van der Waals surface area (Å²) in [5.41, 5.74) is 2.97. The average Bonchev–Trinajstić information content (AvgIpc) is 2.76. The first kappa shape index (κ1) is 10.5. The van der Waals surface area contributed by atoms with Crippen LogP contribution in [0.5, 0.6) is 5.75 Å². The third-order valence-electron chi connectivity index (χ3n) is 3.62. The molecule has 1 aliphatic heterocycles. The smallest absolute Gasteiger partial charge is 0.119 e. The van der Waals surface area contributed by atoms with Crippen molar-refractivity contribution in [3.05, 3.63) is 29.3 Å². The van der Waals surface area contributed by atoms with Gasteiger partial charge in [-0.05, 0) is 36.1 Å². The second-order valence-electron chi connectivity index (χ2n) is 4.58. The van der Waals surface area contributed by atoms with E-state index in [1.54, 1.807) is 7.11 Å². The maximum Gasteiger partial charge on any atom is 0.119 e. The Labute approximate surface area is 101 Å². The first-order chi connectivity index (χ1) is 7.81. The molecule has 0 radical (unpaired) electrons. The number of aryl methyl sites for hydroxylation is 1. The van der Waals surface area contributed by atoms with Gasteiger partial charge in [-0.25, -0.2) is 0 Å². The van der Waals surface area contributed by atoms with Gasteiger partial charge in [0.1, 0.15) is 5.75 Å². The number of thioether (sulfide) groups is 1. The number of methoxy groups -OCH3 is 1. The van der Waals surface area contributed by atoms with Crippen molar-refractivity contribution in [1.82, 2.24) is 5.32 Å². The zero-order valence-corrected chi connectivity index (χ0v) is 10.4. The molecule has 1 heterocycles. The highest BCUT2D eigenvalue weighted by Crippen LogP contribution is 2.40. The molecule has 1 N–H and O–H groups in total. The molecule has 0 amide bonds. The average molecular weight is 235 g/mol. The lowest BCUT2D eigenvalue weighted by Gasteiger charge is -2.34. The largest absolute Gasteiger partial charge is 0.497 e. The van der Waals surface area contributed by atoms with Crippen molar-refractivity contribution in [2.45, 2.75) is 24.1 Å². The van der Waals surface area contributed by atoms with Gasteiger partial charge in [0, 0.05) is 18.7 Å². The Morgan fingerprint density at radius 3 is 3.06 bits per heavy atom. The van der Waals surface area contributed by atoms with Crippen molar-refractivity contribution in [2.24, 2.45) is 0 Å². The van der Waals surface area contributed by atoms with Crippen LogP contribution in [0.25, 0.3) is 0 Å². The van der Waals surface area contributed by atoms with Gasteiger partial charge in [0.15, 0.2) is 0 Å². The molecule has 1 spiro atoms. The quantitative estimate of drug-likeness (QED) is 0.806. The van der Waals surface area contributed by atoms with Crippen LogP contribution in [0.4, 0.5) is 0 Å². The van der Waals surface area contributed by atoms with Gasteiger partial charge in [0.05, 0.1) is 12.0 Å². The van der Waals surface area contributed by atoms with Gasteiger partial charge in [-0.3, -0.25) is 0 Å². The van der Waals surface area contributed by atoms with Crippen LogP contribution in [0.2, 0.25) is 0 Å². The molecular formula is C13H17NOS. The van der Waals surface area contributed by atoms with E-state index in [0.29, 0.717) is 4.87 Å². The maximum absolute atomic E-state index is 5.30. The van der Waals surface area contributed by atoms with Crippen molar-refractivity contribution in [3.63, 3.8) is 0 Å². The van der Waals surface area contributed by atoms with Gasteiger partial charge in [0.2, 0.25) is 0 Å². The van der Waals surface area contributed by atoms with Crippen LogP contribution in [-0.4, -0.2) is 24.3 Å². The summed E-state index contributed by atoms with van der Waals surface area (Å²) in [4.78, 5) is 0.319. The van der Waals surface area contributed by atoms with E-state index in [-0.39, 0.29) is 0 Å². The third kappa shape index (κ3) is 1.72. The van der Waals surface area contributed by atoms with Gasteiger partial charge in [-0.2, -0.15) is 0 Å². The van der Waals surface area contributed by atoms with E-state index in [2.05, 4.69) is 35.3 Å². The minimum Gasteiger partial charge on any atom is -0.497 e. The molecule has 16 heavy (non-hydrogen) atoms. The summed E-state index contributed by atoms with van der Waals surface area (Å²) in [6.07, 6.45) is 3.60. The van der Waals surface area contributed by atoms with E-state index in [0.717, 1.165) is 18.7 Å². The predicted octanol–water partition coefficient (Wildman–Crippen LogP) is 2.22. The summed E-state index contributed by atoms with van der Waals surface area (Å²) in [6.45, 7) is 1.16. The second kappa shape index (κ2) is 3.97. The molecule has 2 nitrogen and oxygen atoms in total. The molecule has 1 aromatic carbocycles. The normalized spacial score (nSPS) is 28.1. The molecule has 1 aliphatic carbocycles. The summed E-state index contributed by atoms with van der Waals surface area (Å²) in [5, 5.41) is 3.67. The van der Waals surface area contributed by atoms with Crippen molar-refractivity contribution in [1.29, 1.82) is 0 Å². The van der Waals surface area contributed by atoms with E-state index in [1.165, 1.54) is 29.7 Å². The van der Waals surface area contributed by atoms with Crippen LogP contribution in [0.1, 0.15) is 17.5 Å². The minimum absolute atomic E-state index is 0.319. The zero-order chi connectivity index (χ0) is 11.0. The Morgan fingerprint density at radius 1 is 1.38 bits per heavy atom. The van der Waals surface area contributed by atoms with Crippen LogP contribution < -0.4 is 10.1 Å². The number of hydrogen-bond acceptors (Lipinski definition) is 3. The van der Waals surface area contributed by atoms with E-state index in [4.69, 9.17) is 4.74 Å². The lowest BCUT2D eigenvalue weighted by molar-refractivity contribution is 0.409. The van der Waals surface area contributed by atoms with Gasteiger partial charge >= 0.3 is 0 Å². The second-order valence-corrected chi connectivity index (χ2v) is 6.06. The number of nitrogens with one attached hydrogen (secondary N) is 1. The first-order valence-electron chi connectivity index (χ1n) is 5.86. The monoisotopic (exact) mass is 235 g/mol. The number of benzene rings is 1. The fourth-order valence-corrected chi connectivity index (χ4v) is 4.02. The fraction of sp³-hybridized carbons (Fsp3) is 0.538. The summed E-state index contributed by atoms with van der Waals surface area (Å²) >= 11 is 2.09. The zero-order valence-electron chi connectivity index (χ0n) is 9.58. The Bertz CT molecular complexity index is 399. The molecule has 1 fully saturated rings. The standard InChI is InChI=1S/C13H17NOS/c1-15-12-3-2-10-4-5-13(9-11(10)8-12)14-6-7-16-13/h2-3,8,14H,4-7,9H2,1H3. The molecule has 0 saturated carbocycles. The fourth-order valence-electron chi connectivity index (χ4n) is 2.72. The Morgan fingerprint density at radius 2 is 2.31 bits per heavy atom. The highest BCUT2D eigenvalue weighted by molar-refractivity contribution is 8.00. The first-order valence-corrected chi connectivity index (χ1v) is 6.85. The van der Waals surface area contributed by atoms with E-state index in [1.807, 2.05) is 0 Å². The molecule has 1 aromatic rings. The molecule has 2 aliphatic rings. The lowest BCUT2D eigenvalue weighted by Crippen LogP contribution is -2.42. The molecule has 86 valence electrons. The number of ether oxygens (including phenoxy) is 1. The van der Waals surface area contributed by atoms with Crippen LogP contribution in [0.3, 0.4) is 0 Å². The minimum atomic E-state index is 0.319. The van der Waals surface area contributed by atoms with Crippen molar-refractivity contribution >= 4 is 11.8 Å². The van der Waals surface area contributed by atoms with E-state index >= 15 is 0 Å². The number of hydrogen-bond donors (Lipinski definition) is 1. The van der Waals surface area contributed by atoms with Crippen LogP contribution >= 0.6 is 11.8 Å². The SMILES string of the molecule is COc1ccc2c(c1)CC1(CC2)NCCS1. The Kier molecular flexibility index (Phi) is 2.60. The molecular weight excluding hydrogens is 218 g/mol. The summed E-state index contributed by atoms with van der Waals surface area (Å²) in [5.74, 6) is 2.23. The van der Waals surface area contributed by atoms with Crippen LogP contribution in [0.15, 0.2) is 18.2 Å². The predicted molar refractivity (Wildman–Crippen MR) is 68.2 cm³/mol. The molecule has 3 heteroatoms. The molecule has 0 bridgehead atoms. The highest BCUT2D eigenvalue weighted by Gasteiger charge is 2.37. The van der Waals surface area contributed by atoms with Gasteiger partial charge in [0.25, 0.3) is 0 Å². The number of rotatable bonds is 1.